The van der Waals surface area contributed by atoms with Gasteiger partial charge in [0.05, 0.1) is 6.54 Å². The van der Waals surface area contributed by atoms with E-state index in [-0.39, 0.29) is 11.7 Å². The van der Waals surface area contributed by atoms with Crippen molar-refractivity contribution in [2.45, 2.75) is 32.2 Å². The third-order valence-corrected chi connectivity index (χ3v) is 4.96. The minimum atomic E-state index is 0.0831. The third-order valence-electron chi connectivity index (χ3n) is 4.72. The summed E-state index contributed by atoms with van der Waals surface area (Å²) in [6, 6.07) is 11.1. The number of hydrogen-bond acceptors (Lipinski definition) is 4. The number of halogens is 1. The number of nitrogens with two attached hydrogens (primary N) is 1. The van der Waals surface area contributed by atoms with Crippen LogP contribution >= 0.6 is 11.6 Å². The Kier molecular flexibility index (Phi) is 6.58. The summed E-state index contributed by atoms with van der Waals surface area (Å²) in [5.41, 5.74) is 8.06. The Labute approximate surface area is 164 Å². The Morgan fingerprint density at radius 3 is 2.81 bits per heavy atom. The maximum atomic E-state index is 12.6. The van der Waals surface area contributed by atoms with Crippen LogP contribution in [0.3, 0.4) is 0 Å². The fourth-order valence-corrected chi connectivity index (χ4v) is 3.49. The van der Waals surface area contributed by atoms with Crippen LogP contribution in [0.25, 0.3) is 11.1 Å². The zero-order valence-electron chi connectivity index (χ0n) is 15.3. The van der Waals surface area contributed by atoms with Crippen molar-refractivity contribution in [2.24, 2.45) is 5.73 Å². The van der Waals surface area contributed by atoms with Crippen molar-refractivity contribution in [1.29, 1.82) is 0 Å². The molecule has 2 aromatic rings. The van der Waals surface area contributed by atoms with Crippen LogP contribution in [0.4, 0.5) is 0 Å². The second-order valence-corrected chi connectivity index (χ2v) is 7.19. The fourth-order valence-electron chi connectivity index (χ4n) is 3.30. The van der Waals surface area contributed by atoms with E-state index in [2.05, 4.69) is 0 Å². The Hall–Kier alpha value is -2.24. The first-order valence-corrected chi connectivity index (χ1v) is 9.68. The number of phenolic OH excluding ortho intramolecular Hbond substituents is 1. The number of rotatable bonds is 6. The Bertz CT molecular complexity index is 810. The quantitative estimate of drug-likeness (QED) is 0.734. The van der Waals surface area contributed by atoms with E-state index < -0.39 is 0 Å². The number of nitrogens with zero attached hydrogens (tertiary/aromatic N) is 1. The van der Waals surface area contributed by atoms with Crippen LogP contribution in [0.1, 0.15) is 31.2 Å². The molecule has 2 aromatic carbocycles. The lowest BCUT2D eigenvalue weighted by Crippen LogP contribution is -2.32. The topological polar surface area (TPSA) is 75.8 Å². The molecule has 3 rings (SSSR count). The van der Waals surface area contributed by atoms with E-state index in [1.807, 2.05) is 30.3 Å². The van der Waals surface area contributed by atoms with E-state index in [0.29, 0.717) is 43.4 Å². The number of fused-ring (bicyclic) bond motifs is 1. The van der Waals surface area contributed by atoms with Crippen molar-refractivity contribution >= 4 is 17.5 Å². The number of carbonyl (C=O) groups excluding carboxylic acids is 1. The highest BCUT2D eigenvalue weighted by atomic mass is 35.5. The first-order chi connectivity index (χ1) is 13.1. The highest BCUT2D eigenvalue weighted by molar-refractivity contribution is 6.30. The Morgan fingerprint density at radius 2 is 2.04 bits per heavy atom. The van der Waals surface area contributed by atoms with E-state index in [1.54, 1.807) is 11.0 Å². The third kappa shape index (κ3) is 4.93. The standard InChI is InChI=1S/C21H25ClN2O3/c22-18-6-4-5-15(12-18)16-11-17-14-24(20(26)7-2-1-3-8-23)9-10-27-21(17)19(25)13-16/h4-6,11-13,25H,1-3,7-10,14,23H2. The van der Waals surface area contributed by atoms with Crippen LogP contribution < -0.4 is 10.5 Å². The molecule has 3 N–H and O–H groups in total. The van der Waals surface area contributed by atoms with Crippen LogP contribution in [-0.4, -0.2) is 35.6 Å². The molecule has 1 amide bonds. The molecule has 0 aromatic heterocycles. The lowest BCUT2D eigenvalue weighted by atomic mass is 10.0. The molecule has 0 fully saturated rings. The first-order valence-electron chi connectivity index (χ1n) is 9.31. The van der Waals surface area contributed by atoms with Crippen molar-refractivity contribution in [3.05, 3.63) is 47.0 Å². The summed E-state index contributed by atoms with van der Waals surface area (Å²) in [5.74, 6) is 0.648. The van der Waals surface area contributed by atoms with Gasteiger partial charge in [0.15, 0.2) is 11.5 Å². The zero-order chi connectivity index (χ0) is 19.2. The molecule has 0 aliphatic carbocycles. The number of phenols is 1. The van der Waals surface area contributed by atoms with Gasteiger partial charge in [0.2, 0.25) is 5.91 Å². The van der Waals surface area contributed by atoms with Gasteiger partial charge in [-0.1, -0.05) is 30.2 Å². The largest absolute Gasteiger partial charge is 0.504 e. The van der Waals surface area contributed by atoms with Gasteiger partial charge in [-0.15, -0.1) is 0 Å². The Balaban J connectivity index is 1.80. The Morgan fingerprint density at radius 1 is 1.19 bits per heavy atom. The fraction of sp³-hybridized carbons (Fsp3) is 0.381. The van der Waals surface area contributed by atoms with Gasteiger partial charge >= 0.3 is 0 Å². The van der Waals surface area contributed by atoms with Gasteiger partial charge in [-0.05, 0) is 54.8 Å². The predicted molar refractivity (Wildman–Crippen MR) is 107 cm³/mol. The summed E-state index contributed by atoms with van der Waals surface area (Å²) in [6.45, 7) is 1.96. The molecule has 0 saturated carbocycles. The van der Waals surface area contributed by atoms with E-state index in [1.165, 1.54) is 0 Å². The number of unbranched alkanes of at least 4 members (excludes halogenated alkanes) is 2. The van der Waals surface area contributed by atoms with Crippen molar-refractivity contribution in [1.82, 2.24) is 4.90 Å². The van der Waals surface area contributed by atoms with E-state index in [9.17, 15) is 9.90 Å². The molecule has 1 aliphatic rings. The summed E-state index contributed by atoms with van der Waals surface area (Å²) in [6.07, 6.45) is 3.25. The number of carbonyl (C=O) groups is 1. The summed E-state index contributed by atoms with van der Waals surface area (Å²) in [7, 11) is 0. The summed E-state index contributed by atoms with van der Waals surface area (Å²) in [5, 5.41) is 11.1. The molecule has 5 nitrogen and oxygen atoms in total. The normalized spacial score (nSPS) is 13.6. The molecule has 0 saturated heterocycles. The van der Waals surface area contributed by atoms with Gasteiger partial charge in [0.1, 0.15) is 6.61 Å². The zero-order valence-corrected chi connectivity index (χ0v) is 16.0. The van der Waals surface area contributed by atoms with Crippen molar-refractivity contribution in [3.63, 3.8) is 0 Å². The van der Waals surface area contributed by atoms with Crippen molar-refractivity contribution < 1.29 is 14.6 Å². The number of aromatic hydroxyl groups is 1. The lowest BCUT2D eigenvalue weighted by molar-refractivity contribution is -0.132. The molecule has 27 heavy (non-hydrogen) atoms. The molecule has 1 aliphatic heterocycles. The molecule has 6 heteroatoms. The molecule has 0 atom stereocenters. The second-order valence-electron chi connectivity index (χ2n) is 6.76. The van der Waals surface area contributed by atoms with Crippen molar-refractivity contribution in [3.8, 4) is 22.6 Å². The van der Waals surface area contributed by atoms with E-state index >= 15 is 0 Å². The lowest BCUT2D eigenvalue weighted by Gasteiger charge is -2.20. The maximum absolute atomic E-state index is 12.6. The minimum absolute atomic E-state index is 0.0831. The van der Waals surface area contributed by atoms with Gasteiger partial charge in [-0.3, -0.25) is 4.79 Å². The molecular weight excluding hydrogens is 364 g/mol. The van der Waals surface area contributed by atoms with Gasteiger partial charge in [0.25, 0.3) is 0 Å². The highest BCUT2D eigenvalue weighted by Crippen LogP contribution is 2.38. The van der Waals surface area contributed by atoms with Gasteiger partial charge in [-0.25, -0.2) is 0 Å². The summed E-state index contributed by atoms with van der Waals surface area (Å²) < 4.78 is 5.73. The molecular formula is C21H25ClN2O3. The number of ether oxygens (including phenoxy) is 1. The predicted octanol–water partition coefficient (Wildman–Crippen LogP) is 3.95. The molecule has 144 valence electrons. The minimum Gasteiger partial charge on any atom is -0.504 e. The van der Waals surface area contributed by atoms with Gasteiger partial charge < -0.3 is 20.5 Å². The van der Waals surface area contributed by atoms with Gasteiger partial charge in [-0.2, -0.15) is 0 Å². The van der Waals surface area contributed by atoms with Crippen LogP contribution in [0.15, 0.2) is 36.4 Å². The molecule has 0 bridgehead atoms. The van der Waals surface area contributed by atoms with Crippen LogP contribution in [0, 0.1) is 0 Å². The van der Waals surface area contributed by atoms with Gasteiger partial charge in [0, 0.05) is 23.6 Å². The number of amides is 1. The second kappa shape index (κ2) is 9.11. The molecule has 0 spiro atoms. The van der Waals surface area contributed by atoms with E-state index in [0.717, 1.165) is 36.0 Å². The highest BCUT2D eigenvalue weighted by Gasteiger charge is 2.22. The average molecular weight is 389 g/mol. The maximum Gasteiger partial charge on any atom is 0.222 e. The number of hydrogen-bond donors (Lipinski definition) is 2. The van der Waals surface area contributed by atoms with Crippen LogP contribution in [0.2, 0.25) is 5.02 Å². The SMILES string of the molecule is NCCCCCC(=O)N1CCOc2c(O)cc(-c3cccc(Cl)c3)cc2C1. The summed E-state index contributed by atoms with van der Waals surface area (Å²) in [4.78, 5) is 14.4. The summed E-state index contributed by atoms with van der Waals surface area (Å²) >= 11 is 6.09. The first kappa shape index (κ1) is 19.5. The van der Waals surface area contributed by atoms with Crippen molar-refractivity contribution in [2.75, 3.05) is 19.7 Å². The molecule has 1 heterocycles. The average Bonchev–Trinajstić information content (AvgIpc) is 2.88. The monoisotopic (exact) mass is 388 g/mol. The number of benzene rings is 2. The molecule has 0 radical (unpaired) electrons. The molecule has 0 unspecified atom stereocenters. The van der Waals surface area contributed by atoms with E-state index in [4.69, 9.17) is 22.1 Å². The van der Waals surface area contributed by atoms with Crippen LogP contribution in [-0.2, 0) is 11.3 Å². The van der Waals surface area contributed by atoms with Crippen LogP contribution in [0.5, 0.6) is 11.5 Å². The smallest absolute Gasteiger partial charge is 0.222 e.